The van der Waals surface area contributed by atoms with Gasteiger partial charge in [0, 0.05) is 15.6 Å². The molecule has 0 aliphatic rings. The van der Waals surface area contributed by atoms with Crippen LogP contribution in [-0.4, -0.2) is 0 Å². The van der Waals surface area contributed by atoms with Crippen molar-refractivity contribution >= 4 is 15.9 Å². The third-order valence-electron chi connectivity index (χ3n) is 3.28. The van der Waals surface area contributed by atoms with Crippen LogP contribution in [0.15, 0.2) is 46.9 Å². The maximum atomic E-state index is 3.51. The van der Waals surface area contributed by atoms with E-state index >= 15 is 0 Å². The first kappa shape index (κ1) is 14.9. The van der Waals surface area contributed by atoms with E-state index in [1.54, 1.807) is 0 Å². The van der Waals surface area contributed by atoms with Crippen molar-refractivity contribution in [1.29, 1.82) is 0 Å². The second-order valence-corrected chi connectivity index (χ2v) is 5.77. The summed E-state index contributed by atoms with van der Waals surface area (Å²) in [6.45, 7) is 4.36. The van der Waals surface area contributed by atoms with E-state index in [4.69, 9.17) is 0 Å². The Morgan fingerprint density at radius 1 is 0.950 bits per heavy atom. The van der Waals surface area contributed by atoms with Crippen LogP contribution in [0.4, 0.5) is 0 Å². The summed E-state index contributed by atoms with van der Waals surface area (Å²) in [5.41, 5.74) is 4.87. The normalized spacial score (nSPS) is 9.95. The lowest BCUT2D eigenvalue weighted by Gasteiger charge is -2.02. The lowest BCUT2D eigenvalue weighted by atomic mass is 10.0. The van der Waals surface area contributed by atoms with Crippen molar-refractivity contribution in [3.8, 4) is 11.8 Å². The van der Waals surface area contributed by atoms with Gasteiger partial charge in [-0.3, -0.25) is 0 Å². The SMILES string of the molecule is CCCc1ccc(C#Cc2ccc(Br)cc2CC)cc1. The van der Waals surface area contributed by atoms with Crippen molar-refractivity contribution in [2.24, 2.45) is 0 Å². The van der Waals surface area contributed by atoms with E-state index in [9.17, 15) is 0 Å². The molecule has 0 radical (unpaired) electrons. The Hall–Kier alpha value is -1.52. The molecule has 2 aromatic rings. The van der Waals surface area contributed by atoms with Gasteiger partial charge in [0.05, 0.1) is 0 Å². The summed E-state index contributed by atoms with van der Waals surface area (Å²) in [4.78, 5) is 0. The largest absolute Gasteiger partial charge is 0.0651 e. The Kier molecular flexibility index (Phi) is 5.44. The molecule has 0 saturated heterocycles. The summed E-state index contributed by atoms with van der Waals surface area (Å²) < 4.78 is 1.11. The van der Waals surface area contributed by atoms with Gasteiger partial charge in [-0.1, -0.05) is 60.2 Å². The van der Waals surface area contributed by atoms with E-state index in [0.717, 1.165) is 28.4 Å². The number of rotatable bonds is 3. The van der Waals surface area contributed by atoms with Gasteiger partial charge in [0.25, 0.3) is 0 Å². The first-order valence-electron chi connectivity index (χ1n) is 7.12. The molecule has 0 amide bonds. The Morgan fingerprint density at radius 2 is 1.70 bits per heavy atom. The fraction of sp³-hybridized carbons (Fsp3) is 0.263. The van der Waals surface area contributed by atoms with Gasteiger partial charge < -0.3 is 0 Å². The van der Waals surface area contributed by atoms with E-state index in [2.05, 4.69) is 78.0 Å². The molecule has 0 aliphatic heterocycles. The summed E-state index contributed by atoms with van der Waals surface area (Å²) in [5.74, 6) is 6.55. The molecule has 0 unspecified atom stereocenters. The first-order chi connectivity index (χ1) is 9.72. The van der Waals surface area contributed by atoms with Gasteiger partial charge in [-0.15, -0.1) is 0 Å². The Balaban J connectivity index is 2.22. The van der Waals surface area contributed by atoms with Gasteiger partial charge in [-0.05, 0) is 54.3 Å². The molecule has 0 atom stereocenters. The van der Waals surface area contributed by atoms with Gasteiger partial charge in [0.15, 0.2) is 0 Å². The first-order valence-corrected chi connectivity index (χ1v) is 7.91. The topological polar surface area (TPSA) is 0 Å². The number of benzene rings is 2. The summed E-state index contributed by atoms with van der Waals surface area (Å²) in [5, 5.41) is 0. The Bertz CT molecular complexity index is 627. The van der Waals surface area contributed by atoms with Gasteiger partial charge in [-0.25, -0.2) is 0 Å². The van der Waals surface area contributed by atoms with Crippen molar-refractivity contribution in [3.63, 3.8) is 0 Å². The standard InChI is InChI=1S/C19H19Br/c1-3-5-15-6-8-16(9-7-15)10-11-18-12-13-19(20)14-17(18)4-2/h6-9,12-14H,3-5H2,1-2H3. The van der Waals surface area contributed by atoms with Crippen LogP contribution in [0.1, 0.15) is 42.5 Å². The summed E-state index contributed by atoms with van der Waals surface area (Å²) >= 11 is 3.51. The second kappa shape index (κ2) is 7.31. The van der Waals surface area contributed by atoms with Crippen molar-refractivity contribution < 1.29 is 0 Å². The van der Waals surface area contributed by atoms with E-state index in [1.807, 2.05) is 6.07 Å². The highest BCUT2D eigenvalue weighted by molar-refractivity contribution is 9.10. The molecular formula is C19H19Br. The summed E-state index contributed by atoms with van der Waals surface area (Å²) in [7, 11) is 0. The molecule has 0 heterocycles. The van der Waals surface area contributed by atoms with Crippen LogP contribution >= 0.6 is 15.9 Å². The van der Waals surface area contributed by atoms with Crippen LogP contribution in [0, 0.1) is 11.8 Å². The third-order valence-corrected chi connectivity index (χ3v) is 3.78. The van der Waals surface area contributed by atoms with Gasteiger partial charge >= 0.3 is 0 Å². The van der Waals surface area contributed by atoms with Crippen LogP contribution in [0.25, 0.3) is 0 Å². The molecule has 20 heavy (non-hydrogen) atoms. The van der Waals surface area contributed by atoms with E-state index < -0.39 is 0 Å². The smallest absolute Gasteiger partial charge is 0.0281 e. The molecule has 0 N–H and O–H groups in total. The highest BCUT2D eigenvalue weighted by Crippen LogP contribution is 2.16. The van der Waals surface area contributed by atoms with Gasteiger partial charge in [0.1, 0.15) is 0 Å². The molecule has 0 saturated carbocycles. The number of halogens is 1. The molecule has 2 aromatic carbocycles. The molecule has 2 rings (SSSR count). The molecule has 0 fully saturated rings. The third kappa shape index (κ3) is 3.99. The molecule has 0 aliphatic carbocycles. The number of aryl methyl sites for hydroxylation is 2. The molecule has 0 bridgehead atoms. The molecule has 0 aromatic heterocycles. The van der Waals surface area contributed by atoms with Crippen molar-refractivity contribution in [2.45, 2.75) is 33.1 Å². The number of hydrogen-bond acceptors (Lipinski definition) is 0. The highest BCUT2D eigenvalue weighted by Gasteiger charge is 1.98. The maximum absolute atomic E-state index is 3.51. The van der Waals surface area contributed by atoms with Crippen LogP contribution in [-0.2, 0) is 12.8 Å². The lowest BCUT2D eigenvalue weighted by molar-refractivity contribution is 0.922. The molecule has 0 spiro atoms. The minimum absolute atomic E-state index is 0.999. The lowest BCUT2D eigenvalue weighted by Crippen LogP contribution is -1.87. The van der Waals surface area contributed by atoms with E-state index in [-0.39, 0.29) is 0 Å². The quantitative estimate of drug-likeness (QED) is 0.666. The Labute approximate surface area is 130 Å². The van der Waals surface area contributed by atoms with Crippen LogP contribution in [0.2, 0.25) is 0 Å². The predicted molar refractivity (Wildman–Crippen MR) is 89.9 cm³/mol. The summed E-state index contributed by atoms with van der Waals surface area (Å²) in [6, 6.07) is 14.9. The second-order valence-electron chi connectivity index (χ2n) is 4.85. The summed E-state index contributed by atoms with van der Waals surface area (Å²) in [6.07, 6.45) is 3.32. The zero-order valence-electron chi connectivity index (χ0n) is 12.0. The number of hydrogen-bond donors (Lipinski definition) is 0. The van der Waals surface area contributed by atoms with Gasteiger partial charge in [0.2, 0.25) is 0 Å². The van der Waals surface area contributed by atoms with Crippen molar-refractivity contribution in [3.05, 3.63) is 69.2 Å². The van der Waals surface area contributed by atoms with E-state index in [0.29, 0.717) is 0 Å². The van der Waals surface area contributed by atoms with Gasteiger partial charge in [-0.2, -0.15) is 0 Å². The minimum Gasteiger partial charge on any atom is -0.0651 e. The van der Waals surface area contributed by atoms with Crippen molar-refractivity contribution in [2.75, 3.05) is 0 Å². The van der Waals surface area contributed by atoms with Crippen LogP contribution < -0.4 is 0 Å². The Morgan fingerprint density at radius 3 is 2.35 bits per heavy atom. The van der Waals surface area contributed by atoms with Crippen LogP contribution in [0.5, 0.6) is 0 Å². The average molecular weight is 327 g/mol. The molecule has 0 nitrogen and oxygen atoms in total. The molecule has 1 heteroatoms. The zero-order chi connectivity index (χ0) is 14.4. The molecule has 102 valence electrons. The molecular weight excluding hydrogens is 308 g/mol. The maximum Gasteiger partial charge on any atom is 0.0281 e. The van der Waals surface area contributed by atoms with E-state index in [1.165, 1.54) is 17.5 Å². The predicted octanol–water partition coefficient (Wildman–Crippen LogP) is 5.36. The fourth-order valence-corrected chi connectivity index (χ4v) is 2.57. The fourth-order valence-electron chi connectivity index (χ4n) is 2.16. The van der Waals surface area contributed by atoms with Crippen molar-refractivity contribution in [1.82, 2.24) is 0 Å². The minimum atomic E-state index is 0.999. The van der Waals surface area contributed by atoms with Crippen LogP contribution in [0.3, 0.4) is 0 Å². The average Bonchev–Trinajstić information content (AvgIpc) is 2.47. The monoisotopic (exact) mass is 326 g/mol. The highest BCUT2D eigenvalue weighted by atomic mass is 79.9. The zero-order valence-corrected chi connectivity index (χ0v) is 13.6.